The maximum atomic E-state index is 12.5. The third-order valence-corrected chi connectivity index (χ3v) is 3.91. The molecule has 1 saturated heterocycles. The summed E-state index contributed by atoms with van der Waals surface area (Å²) in [6.45, 7) is 1.36. The SMILES string of the molecule is COC(=O)C1CNCCC1Cc1ccc(C(F)(F)F)cc1. The number of ether oxygens (including phenoxy) is 1. The van der Waals surface area contributed by atoms with Crippen molar-refractivity contribution in [2.24, 2.45) is 11.8 Å². The Kier molecular flexibility index (Phi) is 4.88. The van der Waals surface area contributed by atoms with Crippen molar-refractivity contribution in [3.63, 3.8) is 0 Å². The molecule has 1 heterocycles. The third-order valence-electron chi connectivity index (χ3n) is 3.91. The van der Waals surface area contributed by atoms with Crippen LogP contribution in [0.1, 0.15) is 17.5 Å². The number of esters is 1. The number of benzene rings is 1. The fourth-order valence-electron chi connectivity index (χ4n) is 2.72. The zero-order chi connectivity index (χ0) is 15.5. The molecule has 1 aromatic carbocycles. The summed E-state index contributed by atoms with van der Waals surface area (Å²) in [6, 6.07) is 5.14. The monoisotopic (exact) mass is 301 g/mol. The standard InChI is InChI=1S/C15H18F3NO2/c1-21-14(20)13-9-19-7-6-11(13)8-10-2-4-12(5-3-10)15(16,17)18/h2-5,11,13,19H,6-9H2,1H3. The van der Waals surface area contributed by atoms with Crippen LogP contribution in [-0.2, 0) is 22.1 Å². The highest BCUT2D eigenvalue weighted by Gasteiger charge is 2.32. The van der Waals surface area contributed by atoms with Crippen LogP contribution in [0.4, 0.5) is 13.2 Å². The van der Waals surface area contributed by atoms with Crippen molar-refractivity contribution in [3.8, 4) is 0 Å². The van der Waals surface area contributed by atoms with Crippen LogP contribution in [0, 0.1) is 11.8 Å². The second kappa shape index (κ2) is 6.47. The lowest BCUT2D eigenvalue weighted by atomic mass is 9.82. The number of carbonyl (C=O) groups excluding carboxylic acids is 1. The molecule has 1 aliphatic heterocycles. The van der Waals surface area contributed by atoms with Gasteiger partial charge >= 0.3 is 12.1 Å². The van der Waals surface area contributed by atoms with E-state index in [1.807, 2.05) is 0 Å². The Balaban J connectivity index is 2.07. The number of methoxy groups -OCH3 is 1. The van der Waals surface area contributed by atoms with Gasteiger partial charge in [0.05, 0.1) is 18.6 Å². The van der Waals surface area contributed by atoms with Gasteiger partial charge < -0.3 is 10.1 Å². The topological polar surface area (TPSA) is 38.3 Å². The van der Waals surface area contributed by atoms with E-state index in [4.69, 9.17) is 4.74 Å². The Labute approximate surface area is 121 Å². The first-order valence-corrected chi connectivity index (χ1v) is 6.86. The molecule has 2 rings (SSSR count). The molecule has 6 heteroatoms. The second-order valence-corrected chi connectivity index (χ2v) is 5.28. The zero-order valence-corrected chi connectivity index (χ0v) is 11.7. The summed E-state index contributed by atoms with van der Waals surface area (Å²) in [6.07, 6.45) is -2.93. The largest absolute Gasteiger partial charge is 0.469 e. The minimum Gasteiger partial charge on any atom is -0.469 e. The number of hydrogen-bond donors (Lipinski definition) is 1. The summed E-state index contributed by atoms with van der Waals surface area (Å²) in [4.78, 5) is 11.7. The molecule has 0 aromatic heterocycles. The average Bonchev–Trinajstić information content (AvgIpc) is 2.46. The summed E-state index contributed by atoms with van der Waals surface area (Å²) in [5.74, 6) is -0.416. The predicted molar refractivity (Wildman–Crippen MR) is 71.6 cm³/mol. The van der Waals surface area contributed by atoms with Crippen LogP contribution in [0.2, 0.25) is 0 Å². The van der Waals surface area contributed by atoms with E-state index < -0.39 is 11.7 Å². The molecule has 0 amide bonds. The average molecular weight is 301 g/mol. The molecule has 1 aliphatic rings. The molecule has 0 saturated carbocycles. The Morgan fingerprint density at radius 3 is 2.57 bits per heavy atom. The van der Waals surface area contributed by atoms with Crippen LogP contribution in [-0.4, -0.2) is 26.2 Å². The van der Waals surface area contributed by atoms with Gasteiger partial charge in [0.25, 0.3) is 0 Å². The van der Waals surface area contributed by atoms with E-state index in [1.54, 1.807) is 0 Å². The van der Waals surface area contributed by atoms with Crippen molar-refractivity contribution in [3.05, 3.63) is 35.4 Å². The minimum atomic E-state index is -4.32. The molecular formula is C15H18F3NO2. The van der Waals surface area contributed by atoms with Crippen LogP contribution < -0.4 is 5.32 Å². The maximum Gasteiger partial charge on any atom is 0.416 e. The van der Waals surface area contributed by atoms with Crippen molar-refractivity contribution in [1.29, 1.82) is 0 Å². The van der Waals surface area contributed by atoms with Gasteiger partial charge in [-0.25, -0.2) is 0 Å². The van der Waals surface area contributed by atoms with Gasteiger partial charge in [0.2, 0.25) is 0 Å². The Hall–Kier alpha value is -1.56. The Morgan fingerprint density at radius 1 is 1.33 bits per heavy atom. The minimum absolute atomic E-state index is 0.0930. The van der Waals surface area contributed by atoms with Crippen molar-refractivity contribution in [2.45, 2.75) is 19.0 Å². The lowest BCUT2D eigenvalue weighted by molar-refractivity contribution is -0.148. The van der Waals surface area contributed by atoms with E-state index >= 15 is 0 Å². The van der Waals surface area contributed by atoms with Crippen molar-refractivity contribution in [2.75, 3.05) is 20.2 Å². The fourth-order valence-corrected chi connectivity index (χ4v) is 2.72. The van der Waals surface area contributed by atoms with Gasteiger partial charge in [-0.05, 0) is 43.0 Å². The molecule has 1 fully saturated rings. The van der Waals surface area contributed by atoms with Gasteiger partial charge in [0, 0.05) is 6.54 Å². The van der Waals surface area contributed by atoms with E-state index in [-0.39, 0.29) is 17.8 Å². The molecule has 0 bridgehead atoms. The lowest BCUT2D eigenvalue weighted by Gasteiger charge is -2.30. The number of halogens is 3. The maximum absolute atomic E-state index is 12.5. The highest BCUT2D eigenvalue weighted by molar-refractivity contribution is 5.73. The smallest absolute Gasteiger partial charge is 0.416 e. The summed E-state index contributed by atoms with van der Waals surface area (Å²) < 4.78 is 42.4. The fraction of sp³-hybridized carbons (Fsp3) is 0.533. The van der Waals surface area contributed by atoms with Crippen LogP contribution in [0.3, 0.4) is 0 Å². The van der Waals surface area contributed by atoms with Crippen LogP contribution >= 0.6 is 0 Å². The number of hydrogen-bond acceptors (Lipinski definition) is 3. The molecular weight excluding hydrogens is 283 g/mol. The summed E-state index contributed by atoms with van der Waals surface area (Å²) >= 11 is 0. The van der Waals surface area contributed by atoms with Crippen LogP contribution in [0.25, 0.3) is 0 Å². The molecule has 0 spiro atoms. The first-order valence-electron chi connectivity index (χ1n) is 6.86. The molecule has 116 valence electrons. The number of piperidine rings is 1. The lowest BCUT2D eigenvalue weighted by Crippen LogP contribution is -2.42. The van der Waals surface area contributed by atoms with Crippen molar-refractivity contribution < 1.29 is 22.7 Å². The molecule has 21 heavy (non-hydrogen) atoms. The summed E-state index contributed by atoms with van der Waals surface area (Å²) in [5, 5.41) is 3.15. The van der Waals surface area contributed by atoms with Crippen LogP contribution in [0.15, 0.2) is 24.3 Å². The van der Waals surface area contributed by atoms with E-state index in [2.05, 4.69) is 5.32 Å². The molecule has 1 aromatic rings. The van der Waals surface area contributed by atoms with E-state index in [1.165, 1.54) is 19.2 Å². The van der Waals surface area contributed by atoms with Crippen molar-refractivity contribution in [1.82, 2.24) is 5.32 Å². The van der Waals surface area contributed by atoms with E-state index in [0.717, 1.165) is 30.7 Å². The van der Waals surface area contributed by atoms with E-state index in [9.17, 15) is 18.0 Å². The normalized spacial score (nSPS) is 22.9. The molecule has 0 aliphatic carbocycles. The molecule has 3 nitrogen and oxygen atoms in total. The quantitative estimate of drug-likeness (QED) is 0.872. The number of nitrogens with one attached hydrogen (secondary N) is 1. The van der Waals surface area contributed by atoms with Crippen molar-refractivity contribution >= 4 is 5.97 Å². The molecule has 0 radical (unpaired) electrons. The van der Waals surface area contributed by atoms with Gasteiger partial charge in [0.1, 0.15) is 0 Å². The number of rotatable bonds is 3. The van der Waals surface area contributed by atoms with Crippen LogP contribution in [0.5, 0.6) is 0 Å². The van der Waals surface area contributed by atoms with Gasteiger partial charge in [-0.15, -0.1) is 0 Å². The zero-order valence-electron chi connectivity index (χ0n) is 11.7. The van der Waals surface area contributed by atoms with Gasteiger partial charge in [0.15, 0.2) is 0 Å². The van der Waals surface area contributed by atoms with E-state index in [0.29, 0.717) is 13.0 Å². The molecule has 2 unspecified atom stereocenters. The highest BCUT2D eigenvalue weighted by Crippen LogP contribution is 2.30. The predicted octanol–water partition coefficient (Wildman–Crippen LogP) is 2.65. The third kappa shape index (κ3) is 3.97. The number of carbonyl (C=O) groups is 1. The highest BCUT2D eigenvalue weighted by atomic mass is 19.4. The Morgan fingerprint density at radius 2 is 2.00 bits per heavy atom. The summed E-state index contributed by atoms with van der Waals surface area (Å²) in [7, 11) is 1.35. The van der Waals surface area contributed by atoms with Gasteiger partial charge in [-0.2, -0.15) is 13.2 Å². The molecule has 1 N–H and O–H groups in total. The number of alkyl halides is 3. The second-order valence-electron chi connectivity index (χ2n) is 5.28. The first kappa shape index (κ1) is 15.8. The van der Waals surface area contributed by atoms with Gasteiger partial charge in [-0.1, -0.05) is 12.1 Å². The molecule has 2 atom stereocenters. The first-order chi connectivity index (χ1) is 9.91. The summed E-state index contributed by atoms with van der Waals surface area (Å²) in [5.41, 5.74) is 0.157. The van der Waals surface area contributed by atoms with Gasteiger partial charge in [-0.3, -0.25) is 4.79 Å². The Bertz CT molecular complexity index is 485.